The lowest BCUT2D eigenvalue weighted by atomic mass is 9.80. The van der Waals surface area contributed by atoms with E-state index >= 15 is 0 Å². The molecule has 3 aliphatic rings. The fourth-order valence-corrected chi connectivity index (χ4v) is 3.49. The number of Topliss-reactive ketones (excluding diaryl/α,β-unsaturated/α-hetero) is 1. The highest BCUT2D eigenvalue weighted by atomic mass is 16.3. The van der Waals surface area contributed by atoms with Crippen LogP contribution in [0, 0.1) is 23.7 Å². The minimum Gasteiger partial charge on any atom is -0.388 e. The maximum absolute atomic E-state index is 11.5. The van der Waals surface area contributed by atoms with E-state index in [1.807, 2.05) is 0 Å². The molecule has 0 aromatic heterocycles. The number of aliphatic hydroxyl groups excluding tert-OH is 1. The van der Waals surface area contributed by atoms with Crippen LogP contribution < -0.4 is 0 Å². The average Bonchev–Trinajstić information content (AvgIpc) is 2.86. The molecular weight excluding hydrogens is 176 g/mol. The van der Waals surface area contributed by atoms with Gasteiger partial charge in [-0.15, -0.1) is 0 Å². The molecule has 3 rings (SSSR count). The van der Waals surface area contributed by atoms with E-state index in [0.29, 0.717) is 23.7 Å². The zero-order chi connectivity index (χ0) is 9.71. The second kappa shape index (κ2) is 2.80. The Labute approximate surface area is 83.3 Å². The van der Waals surface area contributed by atoms with Gasteiger partial charge in [0.1, 0.15) is 6.61 Å². The number of hydrogen-bond donors (Lipinski definition) is 1. The van der Waals surface area contributed by atoms with Gasteiger partial charge in [-0.2, -0.15) is 0 Å². The number of rotatable bonds is 2. The average molecular weight is 190 g/mol. The van der Waals surface area contributed by atoms with Gasteiger partial charge in [0, 0.05) is 0 Å². The fraction of sp³-hybridized carbons (Fsp3) is 0.583. The Bertz CT molecular complexity index is 340. The molecule has 0 amide bonds. The third-order valence-electron chi connectivity index (χ3n) is 4.06. The summed E-state index contributed by atoms with van der Waals surface area (Å²) in [6, 6.07) is 0. The zero-order valence-corrected chi connectivity index (χ0v) is 8.02. The Kier molecular flexibility index (Phi) is 1.68. The molecule has 4 unspecified atom stereocenters. The normalized spacial score (nSPS) is 42.8. The van der Waals surface area contributed by atoms with Gasteiger partial charge in [-0.1, -0.05) is 18.2 Å². The molecule has 2 heteroatoms. The largest absolute Gasteiger partial charge is 0.388 e. The molecule has 0 aliphatic heterocycles. The van der Waals surface area contributed by atoms with Crippen LogP contribution in [0.4, 0.5) is 0 Å². The van der Waals surface area contributed by atoms with Crippen LogP contribution in [0.25, 0.3) is 0 Å². The maximum Gasteiger partial charge on any atom is 0.184 e. The molecule has 0 aromatic rings. The van der Waals surface area contributed by atoms with Crippen molar-refractivity contribution in [2.24, 2.45) is 23.7 Å². The smallest absolute Gasteiger partial charge is 0.184 e. The first-order chi connectivity index (χ1) is 6.81. The van der Waals surface area contributed by atoms with Crippen molar-refractivity contribution in [1.29, 1.82) is 0 Å². The lowest BCUT2D eigenvalue weighted by molar-refractivity contribution is -0.118. The fourth-order valence-electron chi connectivity index (χ4n) is 3.49. The molecule has 1 saturated carbocycles. The van der Waals surface area contributed by atoms with Crippen LogP contribution in [-0.2, 0) is 4.79 Å². The monoisotopic (exact) mass is 190 g/mol. The number of ketones is 1. The summed E-state index contributed by atoms with van der Waals surface area (Å²) in [6.07, 6.45) is 8.93. The van der Waals surface area contributed by atoms with Crippen molar-refractivity contribution < 1.29 is 9.90 Å². The van der Waals surface area contributed by atoms with E-state index in [0.717, 1.165) is 18.4 Å². The number of carbonyl (C=O) groups excluding carboxylic acids is 1. The first-order valence-electron chi connectivity index (χ1n) is 5.33. The first-order valence-corrected chi connectivity index (χ1v) is 5.33. The molecule has 2 bridgehead atoms. The molecule has 0 heterocycles. The molecule has 0 spiro atoms. The lowest BCUT2D eigenvalue weighted by Crippen LogP contribution is -2.22. The molecule has 1 fully saturated rings. The van der Waals surface area contributed by atoms with Gasteiger partial charge in [-0.05, 0) is 42.1 Å². The third-order valence-corrected chi connectivity index (χ3v) is 4.06. The summed E-state index contributed by atoms with van der Waals surface area (Å²) in [5.41, 5.74) is 0.919. The van der Waals surface area contributed by atoms with Crippen LogP contribution in [0.3, 0.4) is 0 Å². The van der Waals surface area contributed by atoms with Gasteiger partial charge in [0.15, 0.2) is 5.78 Å². The van der Waals surface area contributed by atoms with Gasteiger partial charge in [0.2, 0.25) is 0 Å². The van der Waals surface area contributed by atoms with Crippen molar-refractivity contribution in [2.75, 3.05) is 6.61 Å². The predicted molar refractivity (Wildman–Crippen MR) is 52.5 cm³/mol. The molecule has 74 valence electrons. The van der Waals surface area contributed by atoms with Crippen molar-refractivity contribution in [3.8, 4) is 0 Å². The van der Waals surface area contributed by atoms with Gasteiger partial charge in [-0.3, -0.25) is 4.79 Å². The Balaban J connectivity index is 1.91. The van der Waals surface area contributed by atoms with Gasteiger partial charge in [0.05, 0.1) is 0 Å². The molecule has 14 heavy (non-hydrogen) atoms. The summed E-state index contributed by atoms with van der Waals surface area (Å²) in [5.74, 6) is 2.32. The number of aliphatic hydroxyl groups is 1. The summed E-state index contributed by atoms with van der Waals surface area (Å²) in [7, 11) is 0. The minimum absolute atomic E-state index is 0.0529. The van der Waals surface area contributed by atoms with Crippen molar-refractivity contribution in [2.45, 2.75) is 12.8 Å². The van der Waals surface area contributed by atoms with Crippen LogP contribution in [0.5, 0.6) is 0 Å². The summed E-state index contributed by atoms with van der Waals surface area (Å²) in [6.45, 7) is -0.320. The Morgan fingerprint density at radius 2 is 2.43 bits per heavy atom. The molecule has 3 aliphatic carbocycles. The van der Waals surface area contributed by atoms with E-state index in [-0.39, 0.29) is 12.4 Å². The summed E-state index contributed by atoms with van der Waals surface area (Å²) >= 11 is 0. The number of carbonyl (C=O) groups is 1. The number of hydrogen-bond acceptors (Lipinski definition) is 2. The maximum atomic E-state index is 11.5. The number of fused-ring (bicyclic) bond motifs is 5. The number of allylic oxidation sites excluding steroid dienone is 3. The summed E-state index contributed by atoms with van der Waals surface area (Å²) in [5, 5.41) is 8.86. The molecule has 0 saturated heterocycles. The first kappa shape index (κ1) is 8.42. The Hall–Kier alpha value is -0.890. The van der Waals surface area contributed by atoms with Crippen LogP contribution >= 0.6 is 0 Å². The SMILES string of the molecule is O=C(CO)C1=CC2CC1C1CC=CC21. The Morgan fingerprint density at radius 3 is 3.21 bits per heavy atom. The van der Waals surface area contributed by atoms with E-state index in [4.69, 9.17) is 5.11 Å². The van der Waals surface area contributed by atoms with E-state index < -0.39 is 0 Å². The van der Waals surface area contributed by atoms with Gasteiger partial charge >= 0.3 is 0 Å². The van der Waals surface area contributed by atoms with Crippen LogP contribution in [0.2, 0.25) is 0 Å². The van der Waals surface area contributed by atoms with Gasteiger partial charge < -0.3 is 5.11 Å². The highest BCUT2D eigenvalue weighted by Crippen LogP contribution is 2.55. The van der Waals surface area contributed by atoms with Gasteiger partial charge in [-0.25, -0.2) is 0 Å². The minimum atomic E-state index is -0.320. The van der Waals surface area contributed by atoms with Gasteiger partial charge in [0.25, 0.3) is 0 Å². The highest BCUT2D eigenvalue weighted by molar-refractivity contribution is 5.97. The molecule has 2 nitrogen and oxygen atoms in total. The standard InChI is InChI=1S/C12H14O2/c13-6-12(14)11-5-7-4-10(11)9-3-1-2-8(7)9/h1-2,5,7-10,13H,3-4,6H2. The second-order valence-corrected chi connectivity index (χ2v) is 4.61. The quantitative estimate of drug-likeness (QED) is 0.667. The molecule has 0 radical (unpaired) electrons. The highest BCUT2D eigenvalue weighted by Gasteiger charge is 2.49. The summed E-state index contributed by atoms with van der Waals surface area (Å²) in [4.78, 5) is 11.5. The third kappa shape index (κ3) is 0.921. The summed E-state index contributed by atoms with van der Waals surface area (Å²) < 4.78 is 0. The van der Waals surface area contributed by atoms with E-state index in [9.17, 15) is 4.79 Å². The predicted octanol–water partition coefficient (Wildman–Crippen LogP) is 1.32. The van der Waals surface area contributed by atoms with E-state index in [2.05, 4.69) is 18.2 Å². The topological polar surface area (TPSA) is 37.3 Å². The van der Waals surface area contributed by atoms with Crippen molar-refractivity contribution in [3.63, 3.8) is 0 Å². The van der Waals surface area contributed by atoms with Crippen LogP contribution in [0.1, 0.15) is 12.8 Å². The van der Waals surface area contributed by atoms with Crippen molar-refractivity contribution >= 4 is 5.78 Å². The zero-order valence-electron chi connectivity index (χ0n) is 8.02. The van der Waals surface area contributed by atoms with E-state index in [1.54, 1.807) is 0 Å². The molecular formula is C12H14O2. The van der Waals surface area contributed by atoms with Crippen molar-refractivity contribution in [1.82, 2.24) is 0 Å². The second-order valence-electron chi connectivity index (χ2n) is 4.61. The lowest BCUT2D eigenvalue weighted by Gasteiger charge is -2.23. The Morgan fingerprint density at radius 1 is 1.57 bits per heavy atom. The van der Waals surface area contributed by atoms with E-state index in [1.165, 1.54) is 0 Å². The van der Waals surface area contributed by atoms with Crippen LogP contribution in [0.15, 0.2) is 23.8 Å². The molecule has 4 atom stereocenters. The van der Waals surface area contributed by atoms with Crippen LogP contribution in [-0.4, -0.2) is 17.5 Å². The van der Waals surface area contributed by atoms with Crippen molar-refractivity contribution in [3.05, 3.63) is 23.8 Å². The molecule has 1 N–H and O–H groups in total. The molecule has 0 aromatic carbocycles.